The SMILES string of the molecule is CC(C)C1=CNCN=C1. The van der Waals surface area contributed by atoms with Gasteiger partial charge in [-0.3, -0.25) is 4.99 Å². The standard InChI is InChI=1S/C7H12N2/c1-6(2)7-3-8-5-9-4-7/h3-4,6,8H,5H2,1-2H3. The van der Waals surface area contributed by atoms with Crippen molar-refractivity contribution in [2.45, 2.75) is 13.8 Å². The van der Waals surface area contributed by atoms with Gasteiger partial charge in [0.05, 0.1) is 0 Å². The lowest BCUT2D eigenvalue weighted by Crippen LogP contribution is -2.13. The molecule has 0 saturated heterocycles. The summed E-state index contributed by atoms with van der Waals surface area (Å²) in [5.74, 6) is 0.585. The summed E-state index contributed by atoms with van der Waals surface area (Å²) in [4.78, 5) is 4.08. The molecule has 0 aromatic rings. The molecule has 1 aliphatic heterocycles. The molecule has 0 amide bonds. The summed E-state index contributed by atoms with van der Waals surface area (Å²) in [5.41, 5.74) is 1.28. The monoisotopic (exact) mass is 124 g/mol. The minimum atomic E-state index is 0.585. The number of nitrogens with zero attached hydrogens (tertiary/aromatic N) is 1. The molecule has 1 N–H and O–H groups in total. The maximum Gasteiger partial charge on any atom is 0.107 e. The Balaban J connectivity index is 2.58. The fourth-order valence-electron chi connectivity index (χ4n) is 0.720. The second-order valence-corrected chi connectivity index (χ2v) is 2.47. The van der Waals surface area contributed by atoms with Crippen molar-refractivity contribution in [3.63, 3.8) is 0 Å². The largest absolute Gasteiger partial charge is 0.372 e. The van der Waals surface area contributed by atoms with Gasteiger partial charge in [-0.2, -0.15) is 0 Å². The van der Waals surface area contributed by atoms with Crippen molar-refractivity contribution in [3.8, 4) is 0 Å². The lowest BCUT2D eigenvalue weighted by atomic mass is 10.1. The Morgan fingerprint density at radius 1 is 1.67 bits per heavy atom. The molecule has 0 spiro atoms. The first kappa shape index (κ1) is 6.33. The van der Waals surface area contributed by atoms with Crippen LogP contribution in [0.15, 0.2) is 16.8 Å². The average Bonchev–Trinajstić information content (AvgIpc) is 1.90. The molecule has 0 fully saturated rings. The molecule has 2 heteroatoms. The molecular formula is C7H12N2. The fourth-order valence-corrected chi connectivity index (χ4v) is 0.720. The van der Waals surface area contributed by atoms with Gasteiger partial charge < -0.3 is 5.32 Å². The Hall–Kier alpha value is -0.790. The van der Waals surface area contributed by atoms with E-state index in [0.29, 0.717) is 5.92 Å². The van der Waals surface area contributed by atoms with Gasteiger partial charge in [-0.05, 0) is 11.5 Å². The summed E-state index contributed by atoms with van der Waals surface area (Å²) < 4.78 is 0. The Bertz CT molecular complexity index is 145. The quantitative estimate of drug-likeness (QED) is 0.557. The normalized spacial score (nSPS) is 17.4. The van der Waals surface area contributed by atoms with Crippen molar-refractivity contribution < 1.29 is 0 Å². The molecule has 2 nitrogen and oxygen atoms in total. The van der Waals surface area contributed by atoms with Crippen molar-refractivity contribution >= 4 is 6.21 Å². The molecule has 0 aromatic carbocycles. The summed E-state index contributed by atoms with van der Waals surface area (Å²) >= 11 is 0. The van der Waals surface area contributed by atoms with Crippen LogP contribution in [0.5, 0.6) is 0 Å². The lowest BCUT2D eigenvalue weighted by Gasteiger charge is -2.09. The molecule has 0 unspecified atom stereocenters. The first-order chi connectivity index (χ1) is 4.30. The summed E-state index contributed by atoms with van der Waals surface area (Å²) in [7, 11) is 0. The van der Waals surface area contributed by atoms with Crippen LogP contribution < -0.4 is 5.32 Å². The highest BCUT2D eigenvalue weighted by Crippen LogP contribution is 2.06. The summed E-state index contributed by atoms with van der Waals surface area (Å²) in [6.45, 7) is 5.05. The second kappa shape index (κ2) is 2.67. The van der Waals surface area contributed by atoms with E-state index in [1.807, 2.05) is 12.4 Å². The zero-order valence-electron chi connectivity index (χ0n) is 5.89. The molecule has 1 aliphatic rings. The van der Waals surface area contributed by atoms with Gasteiger partial charge in [0.15, 0.2) is 0 Å². The van der Waals surface area contributed by atoms with Crippen molar-refractivity contribution in [2.75, 3.05) is 6.67 Å². The van der Waals surface area contributed by atoms with Crippen molar-refractivity contribution in [2.24, 2.45) is 10.9 Å². The van der Waals surface area contributed by atoms with E-state index in [4.69, 9.17) is 0 Å². The zero-order valence-corrected chi connectivity index (χ0v) is 5.89. The van der Waals surface area contributed by atoms with Gasteiger partial charge in [0.25, 0.3) is 0 Å². The van der Waals surface area contributed by atoms with Crippen molar-refractivity contribution in [1.29, 1.82) is 0 Å². The number of allylic oxidation sites excluding steroid dienone is 1. The third-order valence-corrected chi connectivity index (χ3v) is 1.36. The van der Waals surface area contributed by atoms with E-state index in [1.54, 1.807) is 0 Å². The Kier molecular flexibility index (Phi) is 1.88. The Morgan fingerprint density at radius 3 is 2.78 bits per heavy atom. The van der Waals surface area contributed by atoms with Crippen molar-refractivity contribution in [1.82, 2.24) is 5.32 Å². The van der Waals surface area contributed by atoms with Crippen LogP contribution in [0.3, 0.4) is 0 Å². The highest BCUT2D eigenvalue weighted by molar-refractivity contribution is 5.79. The molecule has 0 atom stereocenters. The smallest absolute Gasteiger partial charge is 0.107 e. The number of hydrogen-bond donors (Lipinski definition) is 1. The highest BCUT2D eigenvalue weighted by Gasteiger charge is 2.00. The first-order valence-electron chi connectivity index (χ1n) is 3.24. The predicted octanol–water partition coefficient (Wildman–Crippen LogP) is 1.16. The minimum Gasteiger partial charge on any atom is -0.372 e. The Labute approximate surface area is 55.7 Å². The number of rotatable bonds is 1. The molecule has 1 rings (SSSR count). The van der Waals surface area contributed by atoms with E-state index >= 15 is 0 Å². The summed E-state index contributed by atoms with van der Waals surface area (Å²) in [5, 5.41) is 3.06. The molecule has 0 saturated carbocycles. The van der Waals surface area contributed by atoms with Gasteiger partial charge in [-0.15, -0.1) is 0 Å². The van der Waals surface area contributed by atoms with E-state index < -0.39 is 0 Å². The molecule has 9 heavy (non-hydrogen) atoms. The van der Waals surface area contributed by atoms with Crippen LogP contribution >= 0.6 is 0 Å². The third kappa shape index (κ3) is 1.56. The molecule has 0 aliphatic carbocycles. The zero-order chi connectivity index (χ0) is 6.69. The topological polar surface area (TPSA) is 24.4 Å². The van der Waals surface area contributed by atoms with Crippen molar-refractivity contribution in [3.05, 3.63) is 11.8 Å². The Morgan fingerprint density at radius 2 is 2.44 bits per heavy atom. The molecular weight excluding hydrogens is 112 g/mol. The molecule has 50 valence electrons. The van der Waals surface area contributed by atoms with E-state index in [1.165, 1.54) is 5.57 Å². The molecule has 0 bridgehead atoms. The maximum absolute atomic E-state index is 4.08. The van der Waals surface area contributed by atoms with Gasteiger partial charge in [-0.1, -0.05) is 13.8 Å². The predicted molar refractivity (Wildman–Crippen MR) is 39.4 cm³/mol. The highest BCUT2D eigenvalue weighted by atomic mass is 15.0. The minimum absolute atomic E-state index is 0.585. The fraction of sp³-hybridized carbons (Fsp3) is 0.571. The van der Waals surface area contributed by atoms with Gasteiger partial charge in [-0.25, -0.2) is 0 Å². The first-order valence-corrected chi connectivity index (χ1v) is 3.24. The van der Waals surface area contributed by atoms with Crippen LogP contribution in [0.4, 0.5) is 0 Å². The molecule has 0 aromatic heterocycles. The van der Waals surface area contributed by atoms with E-state index in [2.05, 4.69) is 24.2 Å². The second-order valence-electron chi connectivity index (χ2n) is 2.47. The average molecular weight is 124 g/mol. The summed E-state index contributed by atoms with van der Waals surface area (Å²) in [6.07, 6.45) is 3.96. The van der Waals surface area contributed by atoms with Gasteiger partial charge in [0.1, 0.15) is 6.67 Å². The molecule has 0 radical (unpaired) electrons. The number of aliphatic imine (C=N–C) groups is 1. The van der Waals surface area contributed by atoms with Crippen LogP contribution in [0.2, 0.25) is 0 Å². The van der Waals surface area contributed by atoms with Crippen LogP contribution in [-0.2, 0) is 0 Å². The van der Waals surface area contributed by atoms with Gasteiger partial charge >= 0.3 is 0 Å². The van der Waals surface area contributed by atoms with E-state index in [9.17, 15) is 0 Å². The van der Waals surface area contributed by atoms with Crippen LogP contribution in [0.1, 0.15) is 13.8 Å². The van der Waals surface area contributed by atoms with Crippen LogP contribution in [0.25, 0.3) is 0 Å². The van der Waals surface area contributed by atoms with Gasteiger partial charge in [0.2, 0.25) is 0 Å². The van der Waals surface area contributed by atoms with Crippen LogP contribution in [0, 0.1) is 5.92 Å². The number of hydrogen-bond acceptors (Lipinski definition) is 2. The number of nitrogens with one attached hydrogen (secondary N) is 1. The van der Waals surface area contributed by atoms with Gasteiger partial charge in [0, 0.05) is 12.4 Å². The van der Waals surface area contributed by atoms with E-state index in [-0.39, 0.29) is 0 Å². The lowest BCUT2D eigenvalue weighted by molar-refractivity contribution is 0.765. The maximum atomic E-state index is 4.08. The van der Waals surface area contributed by atoms with E-state index in [0.717, 1.165) is 6.67 Å². The van der Waals surface area contributed by atoms with Crippen LogP contribution in [-0.4, -0.2) is 12.9 Å². The summed E-state index contributed by atoms with van der Waals surface area (Å²) in [6, 6.07) is 0. The molecule has 1 heterocycles. The third-order valence-electron chi connectivity index (χ3n) is 1.36.